The summed E-state index contributed by atoms with van der Waals surface area (Å²) < 4.78 is 27.3. The van der Waals surface area contributed by atoms with E-state index in [1.807, 2.05) is 31.2 Å². The Labute approximate surface area is 177 Å². The van der Waals surface area contributed by atoms with Crippen molar-refractivity contribution in [2.75, 3.05) is 18.4 Å². The lowest BCUT2D eigenvalue weighted by molar-refractivity contribution is -0.120. The fourth-order valence-corrected chi connectivity index (χ4v) is 5.46. The van der Waals surface area contributed by atoms with E-state index in [1.54, 1.807) is 24.3 Å². The van der Waals surface area contributed by atoms with Gasteiger partial charge in [0.15, 0.2) is 0 Å². The van der Waals surface area contributed by atoms with Gasteiger partial charge >= 0.3 is 0 Å². The molecule has 1 N–H and O–H groups in total. The molecule has 0 bridgehead atoms. The van der Waals surface area contributed by atoms with Crippen molar-refractivity contribution in [3.8, 4) is 6.07 Å². The third kappa shape index (κ3) is 3.98. The second-order valence-electron chi connectivity index (χ2n) is 8.28. The summed E-state index contributed by atoms with van der Waals surface area (Å²) in [5, 5.41) is 12.2. The highest BCUT2D eigenvalue weighted by Gasteiger charge is 2.44. The SMILES string of the molecule is Cc1ccc(S(=O)(=O)N2CCCC(C(=O)Nc3ccc(C4(C#N)CC4)cc3)C2)cc1. The molecule has 30 heavy (non-hydrogen) atoms. The summed E-state index contributed by atoms with van der Waals surface area (Å²) in [5.74, 6) is -0.569. The molecule has 2 fully saturated rings. The van der Waals surface area contributed by atoms with Gasteiger partial charge in [-0.05, 0) is 62.4 Å². The van der Waals surface area contributed by atoms with Gasteiger partial charge < -0.3 is 5.32 Å². The number of benzene rings is 2. The summed E-state index contributed by atoms with van der Waals surface area (Å²) in [6.45, 7) is 2.51. The van der Waals surface area contributed by atoms with E-state index in [0.717, 1.165) is 24.0 Å². The van der Waals surface area contributed by atoms with Crippen molar-refractivity contribution in [1.29, 1.82) is 5.26 Å². The van der Waals surface area contributed by atoms with Gasteiger partial charge in [0, 0.05) is 18.8 Å². The topological polar surface area (TPSA) is 90.3 Å². The number of amides is 1. The van der Waals surface area contributed by atoms with Crippen LogP contribution < -0.4 is 5.32 Å². The molecular weight excluding hydrogens is 398 g/mol. The van der Waals surface area contributed by atoms with E-state index in [0.29, 0.717) is 25.1 Å². The van der Waals surface area contributed by atoms with Gasteiger partial charge in [0.05, 0.1) is 22.3 Å². The summed E-state index contributed by atoms with van der Waals surface area (Å²) in [7, 11) is -3.61. The first kappa shape index (κ1) is 20.6. The molecule has 1 atom stereocenters. The maximum Gasteiger partial charge on any atom is 0.243 e. The Morgan fingerprint density at radius 3 is 2.40 bits per heavy atom. The maximum absolute atomic E-state index is 13.0. The Bertz CT molecular complexity index is 1080. The molecule has 1 aliphatic carbocycles. The predicted molar refractivity (Wildman–Crippen MR) is 114 cm³/mol. The van der Waals surface area contributed by atoms with Crippen LogP contribution in [0.25, 0.3) is 0 Å². The molecule has 1 amide bonds. The molecule has 4 rings (SSSR count). The van der Waals surface area contributed by atoms with Crippen LogP contribution in [0, 0.1) is 24.2 Å². The first-order valence-corrected chi connectivity index (χ1v) is 11.7. The van der Waals surface area contributed by atoms with Crippen LogP contribution in [-0.4, -0.2) is 31.7 Å². The van der Waals surface area contributed by atoms with Gasteiger partial charge in [0.1, 0.15) is 0 Å². The summed E-state index contributed by atoms with van der Waals surface area (Å²) in [6.07, 6.45) is 3.05. The van der Waals surface area contributed by atoms with Crippen molar-refractivity contribution < 1.29 is 13.2 Å². The zero-order valence-corrected chi connectivity index (χ0v) is 17.8. The number of piperidine rings is 1. The summed E-state index contributed by atoms with van der Waals surface area (Å²) in [6, 6.07) is 16.6. The van der Waals surface area contributed by atoms with Gasteiger partial charge in [-0.2, -0.15) is 9.57 Å². The normalized spacial score (nSPS) is 20.9. The first-order chi connectivity index (χ1) is 14.3. The number of hydrogen-bond acceptors (Lipinski definition) is 4. The van der Waals surface area contributed by atoms with E-state index >= 15 is 0 Å². The second kappa shape index (κ2) is 7.86. The number of nitriles is 1. The number of carbonyl (C=O) groups is 1. The van der Waals surface area contributed by atoms with E-state index in [2.05, 4.69) is 11.4 Å². The van der Waals surface area contributed by atoms with Crippen LogP contribution >= 0.6 is 0 Å². The van der Waals surface area contributed by atoms with Crippen molar-refractivity contribution in [3.05, 3.63) is 59.7 Å². The summed E-state index contributed by atoms with van der Waals surface area (Å²) in [4.78, 5) is 13.0. The lowest BCUT2D eigenvalue weighted by Gasteiger charge is -2.31. The zero-order valence-electron chi connectivity index (χ0n) is 17.0. The molecule has 7 heteroatoms. The Kier molecular flexibility index (Phi) is 5.39. The third-order valence-electron chi connectivity index (χ3n) is 6.08. The number of hydrogen-bond donors (Lipinski definition) is 1. The molecule has 0 aromatic heterocycles. The second-order valence-corrected chi connectivity index (χ2v) is 10.2. The monoisotopic (exact) mass is 423 g/mol. The number of nitrogens with zero attached hydrogens (tertiary/aromatic N) is 2. The van der Waals surface area contributed by atoms with Crippen LogP contribution in [0.5, 0.6) is 0 Å². The van der Waals surface area contributed by atoms with Gasteiger partial charge in [-0.25, -0.2) is 8.42 Å². The molecule has 1 saturated carbocycles. The van der Waals surface area contributed by atoms with Crippen molar-refractivity contribution in [1.82, 2.24) is 4.31 Å². The zero-order chi connectivity index (χ0) is 21.4. The minimum Gasteiger partial charge on any atom is -0.326 e. The van der Waals surface area contributed by atoms with E-state index in [4.69, 9.17) is 0 Å². The Morgan fingerprint density at radius 2 is 1.80 bits per heavy atom. The molecule has 0 radical (unpaired) electrons. The number of rotatable bonds is 5. The lowest BCUT2D eigenvalue weighted by Crippen LogP contribution is -2.43. The van der Waals surface area contributed by atoms with E-state index in [9.17, 15) is 18.5 Å². The van der Waals surface area contributed by atoms with Crippen molar-refractivity contribution >= 4 is 21.6 Å². The molecule has 156 valence electrons. The fraction of sp³-hybridized carbons (Fsp3) is 0.391. The average Bonchev–Trinajstić information content (AvgIpc) is 3.56. The van der Waals surface area contributed by atoms with Crippen molar-refractivity contribution in [2.45, 2.75) is 42.9 Å². The molecule has 2 aliphatic rings. The van der Waals surface area contributed by atoms with E-state index in [1.165, 1.54) is 4.31 Å². The lowest BCUT2D eigenvalue weighted by atomic mass is 9.97. The Balaban J connectivity index is 1.42. The molecule has 1 aliphatic heterocycles. The maximum atomic E-state index is 13.0. The highest BCUT2D eigenvalue weighted by molar-refractivity contribution is 7.89. The standard InChI is InChI=1S/C23H25N3O3S/c1-17-4-10-21(11-5-17)30(28,29)26-14-2-3-18(15-26)22(27)25-20-8-6-19(7-9-20)23(16-24)12-13-23/h4-11,18H,2-3,12-15H2,1H3,(H,25,27). The van der Waals surface area contributed by atoms with Gasteiger partial charge in [0.25, 0.3) is 0 Å². The van der Waals surface area contributed by atoms with E-state index in [-0.39, 0.29) is 22.8 Å². The molecule has 1 saturated heterocycles. The number of nitrogens with one attached hydrogen (secondary N) is 1. The minimum absolute atomic E-state index is 0.173. The van der Waals surface area contributed by atoms with Crippen LogP contribution in [0.1, 0.15) is 36.8 Å². The molecule has 2 aromatic rings. The van der Waals surface area contributed by atoms with Crippen LogP contribution in [0.2, 0.25) is 0 Å². The fourth-order valence-electron chi connectivity index (χ4n) is 3.94. The molecule has 1 unspecified atom stereocenters. The smallest absolute Gasteiger partial charge is 0.243 e. The number of carbonyl (C=O) groups excluding carboxylic acids is 1. The molecule has 6 nitrogen and oxygen atoms in total. The Morgan fingerprint density at radius 1 is 1.13 bits per heavy atom. The van der Waals surface area contributed by atoms with Crippen molar-refractivity contribution in [3.63, 3.8) is 0 Å². The predicted octanol–water partition coefficient (Wildman–Crippen LogP) is 3.59. The molecule has 0 spiro atoms. The van der Waals surface area contributed by atoms with Crippen molar-refractivity contribution in [2.24, 2.45) is 5.92 Å². The number of anilines is 1. The van der Waals surface area contributed by atoms with Crippen LogP contribution in [-0.2, 0) is 20.2 Å². The highest BCUT2D eigenvalue weighted by Crippen LogP contribution is 2.47. The summed E-state index contributed by atoms with van der Waals surface area (Å²) in [5.41, 5.74) is 2.29. The largest absolute Gasteiger partial charge is 0.326 e. The summed E-state index contributed by atoms with van der Waals surface area (Å²) >= 11 is 0. The average molecular weight is 424 g/mol. The molecule has 2 aromatic carbocycles. The third-order valence-corrected chi connectivity index (χ3v) is 7.96. The number of aryl methyl sites for hydroxylation is 1. The molecular formula is C23H25N3O3S. The minimum atomic E-state index is -3.61. The van der Waals surface area contributed by atoms with Gasteiger partial charge in [-0.3, -0.25) is 4.79 Å². The van der Waals surface area contributed by atoms with Gasteiger partial charge in [0.2, 0.25) is 15.9 Å². The quantitative estimate of drug-likeness (QED) is 0.796. The van der Waals surface area contributed by atoms with Crippen LogP contribution in [0.3, 0.4) is 0 Å². The first-order valence-electron chi connectivity index (χ1n) is 10.2. The number of sulfonamides is 1. The Hall–Kier alpha value is -2.69. The van der Waals surface area contributed by atoms with Gasteiger partial charge in [-0.15, -0.1) is 0 Å². The van der Waals surface area contributed by atoms with Gasteiger partial charge in [-0.1, -0.05) is 29.8 Å². The highest BCUT2D eigenvalue weighted by atomic mass is 32.2. The van der Waals surface area contributed by atoms with E-state index < -0.39 is 15.9 Å². The molecule has 1 heterocycles. The van der Waals surface area contributed by atoms with Crippen LogP contribution in [0.4, 0.5) is 5.69 Å². The van der Waals surface area contributed by atoms with Crippen LogP contribution in [0.15, 0.2) is 53.4 Å².